The van der Waals surface area contributed by atoms with Crippen molar-refractivity contribution >= 4 is 23.2 Å². The number of hydrogen-bond acceptors (Lipinski definition) is 3. The summed E-state index contributed by atoms with van der Waals surface area (Å²) >= 11 is 1.61. The first-order valence-electron chi connectivity index (χ1n) is 7.43. The van der Waals surface area contributed by atoms with Gasteiger partial charge in [-0.25, -0.2) is 0 Å². The fraction of sp³-hybridized carbons (Fsp3) is 0.625. The number of carbonyl (C=O) groups excluding carboxylic acids is 1. The van der Waals surface area contributed by atoms with E-state index in [-0.39, 0.29) is 12.3 Å². The summed E-state index contributed by atoms with van der Waals surface area (Å²) in [5.74, 6) is -0.866. The summed E-state index contributed by atoms with van der Waals surface area (Å²) in [5.41, 5.74) is 0.194. The van der Waals surface area contributed by atoms with Crippen molar-refractivity contribution in [2.75, 3.05) is 7.05 Å². The lowest BCUT2D eigenvalue weighted by Crippen LogP contribution is -2.52. The largest absolute Gasteiger partial charge is 0.481 e. The Bertz CT molecular complexity index is 544. The maximum atomic E-state index is 12.8. The molecule has 1 aromatic rings. The second kappa shape index (κ2) is 6.18. The van der Waals surface area contributed by atoms with E-state index in [1.54, 1.807) is 23.3 Å². The SMILES string of the molecule is Cc1cc(C(=O)N(C)C2(CC(=O)O)CCCCC2)c(C)s1. The van der Waals surface area contributed by atoms with E-state index >= 15 is 0 Å². The van der Waals surface area contributed by atoms with Crippen LogP contribution in [0.5, 0.6) is 0 Å². The van der Waals surface area contributed by atoms with E-state index in [1.165, 1.54) is 0 Å². The lowest BCUT2D eigenvalue weighted by Gasteiger charge is -2.44. The molecule has 0 radical (unpaired) electrons. The molecule has 21 heavy (non-hydrogen) atoms. The molecule has 1 heterocycles. The van der Waals surface area contributed by atoms with Crippen LogP contribution in [0, 0.1) is 13.8 Å². The van der Waals surface area contributed by atoms with Gasteiger partial charge in [-0.15, -0.1) is 11.3 Å². The molecule has 116 valence electrons. The van der Waals surface area contributed by atoms with Crippen LogP contribution in [0.25, 0.3) is 0 Å². The molecule has 1 aliphatic rings. The number of hydrogen-bond donors (Lipinski definition) is 1. The second-order valence-electron chi connectivity index (χ2n) is 6.05. The zero-order valence-electron chi connectivity index (χ0n) is 12.9. The third-order valence-electron chi connectivity index (χ3n) is 4.55. The van der Waals surface area contributed by atoms with Gasteiger partial charge in [0, 0.05) is 16.8 Å². The Hall–Kier alpha value is -1.36. The van der Waals surface area contributed by atoms with Gasteiger partial charge in [0.1, 0.15) is 0 Å². The summed E-state index contributed by atoms with van der Waals surface area (Å²) in [6.07, 6.45) is 4.71. The Morgan fingerprint density at radius 2 is 1.90 bits per heavy atom. The molecule has 1 aromatic heterocycles. The molecular formula is C16H23NO3S. The average molecular weight is 309 g/mol. The van der Waals surface area contributed by atoms with E-state index in [0.717, 1.165) is 47.4 Å². The van der Waals surface area contributed by atoms with Crippen LogP contribution in [0.1, 0.15) is 58.6 Å². The Morgan fingerprint density at radius 1 is 1.29 bits per heavy atom. The minimum atomic E-state index is -0.824. The van der Waals surface area contributed by atoms with E-state index in [2.05, 4.69) is 0 Å². The molecule has 1 aliphatic carbocycles. The van der Waals surface area contributed by atoms with Gasteiger partial charge in [-0.3, -0.25) is 9.59 Å². The minimum absolute atomic E-state index is 0.0391. The molecule has 0 aromatic carbocycles. The predicted octanol–water partition coefficient (Wildman–Crippen LogP) is 3.61. The van der Waals surface area contributed by atoms with Crippen molar-refractivity contribution in [1.29, 1.82) is 0 Å². The molecule has 1 fully saturated rings. The van der Waals surface area contributed by atoms with E-state index in [4.69, 9.17) is 0 Å². The summed E-state index contributed by atoms with van der Waals surface area (Å²) in [6.45, 7) is 3.94. The molecule has 1 amide bonds. The number of nitrogens with zero attached hydrogens (tertiary/aromatic N) is 1. The van der Waals surface area contributed by atoms with E-state index in [9.17, 15) is 14.7 Å². The Balaban J connectivity index is 2.29. The monoisotopic (exact) mass is 309 g/mol. The highest BCUT2D eigenvalue weighted by Gasteiger charge is 2.41. The molecule has 0 unspecified atom stereocenters. The van der Waals surface area contributed by atoms with Crippen molar-refractivity contribution in [1.82, 2.24) is 4.90 Å². The summed E-state index contributed by atoms with van der Waals surface area (Å²) in [7, 11) is 1.77. The number of amides is 1. The molecule has 0 spiro atoms. The van der Waals surface area contributed by atoms with Crippen molar-refractivity contribution in [3.63, 3.8) is 0 Å². The zero-order chi connectivity index (χ0) is 15.6. The van der Waals surface area contributed by atoms with Crippen molar-refractivity contribution in [2.24, 2.45) is 0 Å². The van der Waals surface area contributed by atoms with Gasteiger partial charge in [-0.1, -0.05) is 19.3 Å². The maximum Gasteiger partial charge on any atom is 0.305 e. The number of carboxylic acids is 1. The van der Waals surface area contributed by atoms with Gasteiger partial charge in [0.05, 0.1) is 17.5 Å². The molecule has 0 aliphatic heterocycles. The van der Waals surface area contributed by atoms with E-state index in [0.29, 0.717) is 0 Å². The van der Waals surface area contributed by atoms with Crippen LogP contribution in [-0.2, 0) is 4.79 Å². The molecule has 2 rings (SSSR count). The normalized spacial score (nSPS) is 17.5. The maximum absolute atomic E-state index is 12.8. The number of rotatable bonds is 4. The van der Waals surface area contributed by atoms with Gasteiger partial charge in [0.25, 0.3) is 5.91 Å². The zero-order valence-corrected chi connectivity index (χ0v) is 13.8. The highest BCUT2D eigenvalue weighted by Crippen LogP contribution is 2.37. The average Bonchev–Trinajstić information content (AvgIpc) is 2.76. The smallest absolute Gasteiger partial charge is 0.305 e. The number of carboxylic acid groups (broad SMARTS) is 1. The first kappa shape index (κ1) is 16.0. The second-order valence-corrected chi connectivity index (χ2v) is 7.51. The molecule has 4 nitrogen and oxygen atoms in total. The van der Waals surface area contributed by atoms with Gasteiger partial charge in [-0.2, -0.15) is 0 Å². The van der Waals surface area contributed by atoms with Crippen molar-refractivity contribution < 1.29 is 14.7 Å². The fourth-order valence-corrected chi connectivity index (χ4v) is 4.28. The third kappa shape index (κ3) is 3.28. The first-order valence-corrected chi connectivity index (χ1v) is 8.24. The van der Waals surface area contributed by atoms with Gasteiger partial charge in [0.15, 0.2) is 0 Å². The van der Waals surface area contributed by atoms with Crippen LogP contribution in [0.2, 0.25) is 0 Å². The van der Waals surface area contributed by atoms with Crippen LogP contribution >= 0.6 is 11.3 Å². The highest BCUT2D eigenvalue weighted by atomic mass is 32.1. The quantitative estimate of drug-likeness (QED) is 0.924. The van der Waals surface area contributed by atoms with Crippen LogP contribution in [0.3, 0.4) is 0 Å². The lowest BCUT2D eigenvalue weighted by molar-refractivity contribution is -0.140. The van der Waals surface area contributed by atoms with Gasteiger partial charge in [0.2, 0.25) is 0 Å². The number of thiophene rings is 1. The summed E-state index contributed by atoms with van der Waals surface area (Å²) in [4.78, 5) is 27.9. The standard InChI is InChI=1S/C16H23NO3S/c1-11-9-13(12(2)21-11)15(20)17(3)16(10-14(18)19)7-5-4-6-8-16/h9H,4-8,10H2,1-3H3,(H,18,19). The fourth-order valence-electron chi connectivity index (χ4n) is 3.36. The molecule has 1 saturated carbocycles. The van der Waals surface area contributed by atoms with E-state index < -0.39 is 11.5 Å². The Kier molecular flexibility index (Phi) is 4.71. The van der Waals surface area contributed by atoms with Crippen molar-refractivity contribution in [3.8, 4) is 0 Å². The molecule has 0 saturated heterocycles. The van der Waals surface area contributed by atoms with E-state index in [1.807, 2.05) is 19.9 Å². The first-order chi connectivity index (χ1) is 9.85. The highest BCUT2D eigenvalue weighted by molar-refractivity contribution is 7.12. The van der Waals surface area contributed by atoms with Crippen LogP contribution in [0.4, 0.5) is 0 Å². The number of aliphatic carboxylic acids is 1. The van der Waals surface area contributed by atoms with Crippen LogP contribution < -0.4 is 0 Å². The third-order valence-corrected chi connectivity index (χ3v) is 5.52. The number of carbonyl (C=O) groups is 2. The van der Waals surface area contributed by atoms with Gasteiger partial charge in [-0.05, 0) is 32.8 Å². The summed E-state index contributed by atoms with van der Waals surface area (Å²) in [5, 5.41) is 9.25. The predicted molar refractivity (Wildman–Crippen MR) is 84.0 cm³/mol. The van der Waals surface area contributed by atoms with Crippen LogP contribution in [-0.4, -0.2) is 34.5 Å². The van der Waals surface area contributed by atoms with Gasteiger partial charge >= 0.3 is 5.97 Å². The Morgan fingerprint density at radius 3 is 2.38 bits per heavy atom. The summed E-state index contributed by atoms with van der Waals surface area (Å²) < 4.78 is 0. The molecule has 5 heteroatoms. The lowest BCUT2D eigenvalue weighted by atomic mass is 9.78. The Labute approximate surface area is 129 Å². The van der Waals surface area contributed by atoms with Crippen molar-refractivity contribution in [3.05, 3.63) is 21.4 Å². The summed E-state index contributed by atoms with van der Waals surface area (Å²) in [6, 6.07) is 1.91. The molecule has 0 atom stereocenters. The molecule has 0 bridgehead atoms. The minimum Gasteiger partial charge on any atom is -0.481 e. The number of aryl methyl sites for hydroxylation is 2. The molecule has 1 N–H and O–H groups in total. The van der Waals surface area contributed by atoms with Crippen molar-refractivity contribution in [2.45, 2.75) is 57.9 Å². The van der Waals surface area contributed by atoms with Crippen LogP contribution in [0.15, 0.2) is 6.07 Å². The topological polar surface area (TPSA) is 57.6 Å². The molecular weight excluding hydrogens is 286 g/mol. The van der Waals surface area contributed by atoms with Gasteiger partial charge < -0.3 is 10.0 Å².